The summed E-state index contributed by atoms with van der Waals surface area (Å²) >= 11 is 6.05. The fourth-order valence-corrected chi connectivity index (χ4v) is 11.9. The molecule has 23 heteroatoms. The fourth-order valence-electron chi connectivity index (χ4n) is 9.89. The Hall–Kier alpha value is -6.73. The number of amides is 2. The third-order valence-electron chi connectivity index (χ3n) is 14.3. The van der Waals surface area contributed by atoms with E-state index in [1.165, 1.54) is 12.1 Å². The fraction of sp³-hybridized carbons (Fsp3) is 0.410. The lowest BCUT2D eigenvalue weighted by Crippen LogP contribution is -2.29. The van der Waals surface area contributed by atoms with Gasteiger partial charge in [-0.2, -0.15) is 8.42 Å². The maximum absolute atomic E-state index is 13.6. The zero-order chi connectivity index (χ0) is 60.4. The van der Waals surface area contributed by atoms with Crippen LogP contribution >= 0.6 is 11.6 Å². The minimum absolute atomic E-state index is 0.000385. The molecule has 0 bridgehead atoms. The second-order valence-corrected chi connectivity index (χ2v) is 23.2. The molecular formula is C61H76ClN6O14S2+. The maximum Gasteiger partial charge on any atom is 0.295 e. The topological polar surface area (TPSA) is 246 Å². The van der Waals surface area contributed by atoms with Crippen LogP contribution in [0.5, 0.6) is 5.75 Å². The molecular weight excluding hydrogens is 1140 g/mol. The second-order valence-electron chi connectivity index (χ2n) is 19.6. The van der Waals surface area contributed by atoms with E-state index in [-0.39, 0.29) is 87.2 Å². The van der Waals surface area contributed by atoms with Crippen molar-refractivity contribution < 1.29 is 63.9 Å². The number of carbonyl (C=O) groups excluding carboxylic acids is 3. The number of anilines is 1. The highest BCUT2D eigenvalue weighted by Gasteiger charge is 2.28. The number of fused-ring (bicyclic) bond motifs is 3. The SMILES string of the molecule is CCN(CC)c1ccc2c(-c3ccc(S(=O)(=O)NCCOCCOCCOCCOCCC(=O)NCCCCNC(=O)Cc4c(C)n(C(=O)c5ccc(Cl)cc5)c5ccc(OC)cc45)cc3S(=O)(=O)O)c3ccc(=[N+](CC)CC)cc-3oc2c1. The molecule has 0 saturated carbocycles. The van der Waals surface area contributed by atoms with Crippen molar-refractivity contribution in [3.05, 3.63) is 124 Å². The molecule has 5 aromatic rings. The smallest absolute Gasteiger partial charge is 0.295 e. The Kier molecular flexibility index (Phi) is 23.8. The number of unbranched alkanes of at least 4 members (excludes halogenated alkanes) is 1. The number of hydrogen-bond donors (Lipinski definition) is 4. The molecule has 1 aliphatic heterocycles. The maximum atomic E-state index is 13.6. The lowest BCUT2D eigenvalue weighted by molar-refractivity contribution is -0.122. The molecule has 84 heavy (non-hydrogen) atoms. The van der Waals surface area contributed by atoms with Gasteiger partial charge in [0.2, 0.25) is 27.2 Å². The van der Waals surface area contributed by atoms with Gasteiger partial charge in [0.1, 0.15) is 35.1 Å². The van der Waals surface area contributed by atoms with Crippen molar-refractivity contribution in [1.82, 2.24) is 24.5 Å². The van der Waals surface area contributed by atoms with Gasteiger partial charge >= 0.3 is 0 Å². The summed E-state index contributed by atoms with van der Waals surface area (Å²) in [4.78, 5) is 40.3. The Morgan fingerprint density at radius 2 is 1.32 bits per heavy atom. The van der Waals surface area contributed by atoms with Crippen LogP contribution in [0.3, 0.4) is 0 Å². The number of benzene rings is 5. The summed E-state index contributed by atoms with van der Waals surface area (Å²) in [5.74, 6) is 0.526. The zero-order valence-electron chi connectivity index (χ0n) is 48.5. The third kappa shape index (κ3) is 16.8. The summed E-state index contributed by atoms with van der Waals surface area (Å²) in [6.07, 6.45) is 1.55. The summed E-state index contributed by atoms with van der Waals surface area (Å²) in [6.45, 7) is 15.5. The molecule has 2 aliphatic rings. The molecule has 452 valence electrons. The van der Waals surface area contributed by atoms with Crippen LogP contribution in [0.25, 0.3) is 44.3 Å². The van der Waals surface area contributed by atoms with E-state index in [1.54, 1.807) is 42.0 Å². The number of hydrogen-bond acceptors (Lipinski definition) is 14. The van der Waals surface area contributed by atoms with E-state index >= 15 is 0 Å². The third-order valence-corrected chi connectivity index (χ3v) is 16.9. The van der Waals surface area contributed by atoms with Crippen LogP contribution < -0.4 is 34.9 Å². The van der Waals surface area contributed by atoms with E-state index in [1.807, 2.05) is 83.1 Å². The van der Waals surface area contributed by atoms with Crippen molar-refractivity contribution in [3.63, 3.8) is 0 Å². The Morgan fingerprint density at radius 1 is 0.690 bits per heavy atom. The quantitative estimate of drug-likeness (QED) is 0.0133. The second kappa shape index (κ2) is 30.9. The van der Waals surface area contributed by atoms with Crippen molar-refractivity contribution in [1.29, 1.82) is 0 Å². The molecule has 0 atom stereocenters. The first-order valence-electron chi connectivity index (χ1n) is 28.2. The van der Waals surface area contributed by atoms with Gasteiger partial charge < -0.3 is 43.6 Å². The molecule has 2 heterocycles. The summed E-state index contributed by atoms with van der Waals surface area (Å²) in [7, 11) is -7.65. The van der Waals surface area contributed by atoms with Crippen LogP contribution in [0.2, 0.25) is 5.02 Å². The van der Waals surface area contributed by atoms with Crippen molar-refractivity contribution in [3.8, 4) is 28.2 Å². The van der Waals surface area contributed by atoms with E-state index in [0.717, 1.165) is 54.2 Å². The molecule has 20 nitrogen and oxygen atoms in total. The van der Waals surface area contributed by atoms with Crippen LogP contribution in [0.1, 0.15) is 68.6 Å². The largest absolute Gasteiger partial charge is 0.497 e. The first-order valence-corrected chi connectivity index (χ1v) is 31.5. The lowest BCUT2D eigenvalue weighted by atomic mass is 9.93. The van der Waals surface area contributed by atoms with Crippen molar-refractivity contribution in [2.24, 2.45) is 0 Å². The Labute approximate surface area is 496 Å². The zero-order valence-corrected chi connectivity index (χ0v) is 50.9. The van der Waals surface area contributed by atoms with Crippen LogP contribution in [-0.2, 0) is 55.1 Å². The number of sulfonamides is 1. The standard InChI is InChI=1S/C61H75ClN6O14S2/c1-7-66(8-2)45-17-21-49-55(37-45)82-56-38-46(67(9-3)10-4)18-22-50(56)60(49)51-23-20-48(40-57(51)84(74,75)76)83(72,73)65-28-30-79-32-34-81-36-35-80-33-31-78-29-25-58(69)63-26-11-12-27-64-59(70)41-52-42(5)68(54-24-19-47(77-6)39-53(52)54)61(71)43-13-15-44(62)16-14-43/h13-24,37-40,65H,7-12,25-36,41H2,1-6H3,(H2-,63,64,69,70,74,75,76)/p+1. The molecule has 1 aliphatic carbocycles. The van der Waals surface area contributed by atoms with Gasteiger partial charge in [0, 0.05) is 101 Å². The number of nitrogens with one attached hydrogen (secondary N) is 3. The number of rotatable bonds is 33. The van der Waals surface area contributed by atoms with Crippen molar-refractivity contribution in [2.45, 2.75) is 70.1 Å². The first kappa shape index (κ1) is 64.8. The minimum atomic E-state index is -4.96. The molecule has 1 aromatic heterocycles. The van der Waals surface area contributed by atoms with Gasteiger partial charge in [0.25, 0.3) is 16.0 Å². The highest BCUT2D eigenvalue weighted by atomic mass is 35.5. The van der Waals surface area contributed by atoms with Gasteiger partial charge in [0.05, 0.1) is 82.9 Å². The number of halogens is 1. The summed E-state index contributed by atoms with van der Waals surface area (Å²) in [5.41, 5.74) is 5.08. The van der Waals surface area contributed by atoms with Crippen molar-refractivity contribution >= 4 is 77.0 Å². The van der Waals surface area contributed by atoms with Gasteiger partial charge in [-0.25, -0.2) is 17.7 Å². The van der Waals surface area contributed by atoms with Crippen molar-refractivity contribution in [2.75, 3.05) is 111 Å². The minimum Gasteiger partial charge on any atom is -0.497 e. The van der Waals surface area contributed by atoms with E-state index in [9.17, 15) is 35.8 Å². The molecule has 4 N–H and O–H groups in total. The molecule has 4 aromatic carbocycles. The predicted octanol–water partition coefficient (Wildman–Crippen LogP) is 7.71. The molecule has 0 radical (unpaired) electrons. The average molecular weight is 1220 g/mol. The monoisotopic (exact) mass is 1220 g/mol. The molecule has 7 rings (SSSR count). The molecule has 0 saturated heterocycles. The van der Waals surface area contributed by atoms with Gasteiger partial charge in [-0.15, -0.1) is 0 Å². The van der Waals surface area contributed by atoms with Gasteiger partial charge in [-0.05, 0) is 126 Å². The number of nitrogens with zero attached hydrogens (tertiary/aromatic N) is 3. The molecule has 0 spiro atoms. The Morgan fingerprint density at radius 3 is 1.95 bits per heavy atom. The normalized spacial score (nSPS) is 11.9. The molecule has 0 fully saturated rings. The number of ether oxygens (including phenoxy) is 5. The lowest BCUT2D eigenvalue weighted by Gasteiger charge is -2.22. The Bertz CT molecular complexity index is 3670. The highest BCUT2D eigenvalue weighted by Crippen LogP contribution is 2.43. The highest BCUT2D eigenvalue weighted by molar-refractivity contribution is 7.89. The van der Waals surface area contributed by atoms with Gasteiger partial charge in [0.15, 0.2) is 0 Å². The number of methoxy groups -OCH3 is 1. The van der Waals surface area contributed by atoms with Crippen LogP contribution in [0.4, 0.5) is 5.69 Å². The number of aromatic nitrogens is 1. The van der Waals surface area contributed by atoms with E-state index in [0.29, 0.717) is 94.5 Å². The van der Waals surface area contributed by atoms with Gasteiger partial charge in [-0.1, -0.05) is 17.7 Å². The van der Waals surface area contributed by atoms with E-state index in [2.05, 4.69) is 24.8 Å². The first-order chi connectivity index (χ1) is 40.4. The average Bonchev–Trinajstić information content (AvgIpc) is 1.14. The van der Waals surface area contributed by atoms with Gasteiger partial charge in [-0.3, -0.25) is 23.5 Å². The molecule has 0 unspecified atom stereocenters. The molecule has 2 amide bonds. The summed E-state index contributed by atoms with van der Waals surface area (Å²) in [6, 6.07) is 27.1. The summed E-state index contributed by atoms with van der Waals surface area (Å²) < 4.78 is 104. The van der Waals surface area contributed by atoms with E-state index in [4.69, 9.17) is 39.7 Å². The predicted molar refractivity (Wildman–Crippen MR) is 324 cm³/mol. The van der Waals surface area contributed by atoms with Crippen LogP contribution in [0, 0.1) is 6.92 Å². The Balaban J connectivity index is 0.759. The van der Waals surface area contributed by atoms with E-state index < -0.39 is 25.0 Å². The van der Waals surface area contributed by atoms with Crippen LogP contribution in [-0.4, -0.2) is 149 Å². The number of carbonyl (C=O) groups is 3. The summed E-state index contributed by atoms with van der Waals surface area (Å²) in [5, 5.41) is 8.59. The van der Waals surface area contributed by atoms with Crippen LogP contribution in [0.15, 0.2) is 111 Å².